The van der Waals surface area contributed by atoms with Crippen molar-refractivity contribution < 1.29 is 14.2 Å². The predicted molar refractivity (Wildman–Crippen MR) is 68.5 cm³/mol. The van der Waals surface area contributed by atoms with Gasteiger partial charge in [-0.1, -0.05) is 6.92 Å². The molecule has 19 heavy (non-hydrogen) atoms. The summed E-state index contributed by atoms with van der Waals surface area (Å²) in [6, 6.07) is 6.93. The molecule has 6 heteroatoms. The zero-order valence-corrected chi connectivity index (χ0v) is 10.4. The van der Waals surface area contributed by atoms with Gasteiger partial charge in [-0.2, -0.15) is 4.98 Å². The van der Waals surface area contributed by atoms with Crippen molar-refractivity contribution in [2.24, 2.45) is 0 Å². The van der Waals surface area contributed by atoms with Crippen LogP contribution in [-0.4, -0.2) is 16.8 Å². The molecule has 0 spiro atoms. The molecule has 0 unspecified atom stereocenters. The van der Waals surface area contributed by atoms with Gasteiger partial charge >= 0.3 is 0 Å². The number of nitrogens with zero attached hydrogens (tertiary/aromatic N) is 2. The quantitative estimate of drug-likeness (QED) is 0.909. The maximum atomic E-state index is 5.70. The van der Waals surface area contributed by atoms with Crippen LogP contribution in [0.5, 0.6) is 23.1 Å². The van der Waals surface area contributed by atoms with Crippen molar-refractivity contribution in [3.8, 4) is 23.1 Å². The smallest absolute Gasteiger partial charge is 0.231 e. The second kappa shape index (κ2) is 4.64. The third-order valence-electron chi connectivity index (χ3n) is 2.65. The van der Waals surface area contributed by atoms with Crippen LogP contribution in [0.1, 0.15) is 12.7 Å². The van der Waals surface area contributed by atoms with Gasteiger partial charge in [-0.25, -0.2) is 4.98 Å². The van der Waals surface area contributed by atoms with E-state index in [1.54, 1.807) is 24.3 Å². The number of rotatable bonds is 3. The normalized spacial score (nSPS) is 12.5. The molecule has 1 aromatic carbocycles. The molecule has 0 amide bonds. The molecule has 6 nitrogen and oxygen atoms in total. The summed E-state index contributed by atoms with van der Waals surface area (Å²) in [6.07, 6.45) is 0.697. The average Bonchev–Trinajstić information content (AvgIpc) is 2.85. The van der Waals surface area contributed by atoms with Crippen molar-refractivity contribution in [3.05, 3.63) is 30.1 Å². The second-order valence-corrected chi connectivity index (χ2v) is 4.02. The van der Waals surface area contributed by atoms with Crippen LogP contribution in [0, 0.1) is 0 Å². The minimum Gasteiger partial charge on any atom is -0.454 e. The Balaban J connectivity index is 1.86. The second-order valence-electron chi connectivity index (χ2n) is 4.02. The van der Waals surface area contributed by atoms with E-state index in [2.05, 4.69) is 9.97 Å². The minimum absolute atomic E-state index is 0.235. The lowest BCUT2D eigenvalue weighted by Gasteiger charge is -2.07. The summed E-state index contributed by atoms with van der Waals surface area (Å²) in [4.78, 5) is 8.35. The van der Waals surface area contributed by atoms with Gasteiger partial charge < -0.3 is 19.9 Å². The molecular formula is C13H13N3O3. The Hall–Kier alpha value is -2.50. The van der Waals surface area contributed by atoms with Crippen LogP contribution in [-0.2, 0) is 6.42 Å². The first-order chi connectivity index (χ1) is 9.24. The van der Waals surface area contributed by atoms with Crippen molar-refractivity contribution in [2.45, 2.75) is 13.3 Å². The van der Waals surface area contributed by atoms with Gasteiger partial charge in [0.15, 0.2) is 11.5 Å². The van der Waals surface area contributed by atoms with E-state index in [-0.39, 0.29) is 6.79 Å². The first kappa shape index (κ1) is 11.6. The lowest BCUT2D eigenvalue weighted by Crippen LogP contribution is -2.00. The highest BCUT2D eigenvalue weighted by Crippen LogP contribution is 2.36. The minimum atomic E-state index is 0.235. The Morgan fingerprint density at radius 2 is 2.05 bits per heavy atom. The summed E-state index contributed by atoms with van der Waals surface area (Å²) < 4.78 is 16.2. The molecule has 2 aromatic rings. The number of anilines is 1. The molecule has 98 valence electrons. The van der Waals surface area contributed by atoms with E-state index < -0.39 is 0 Å². The maximum absolute atomic E-state index is 5.70. The number of hydrogen-bond donors (Lipinski definition) is 1. The summed E-state index contributed by atoms with van der Waals surface area (Å²) in [7, 11) is 0. The highest BCUT2D eigenvalue weighted by molar-refractivity contribution is 5.48. The van der Waals surface area contributed by atoms with E-state index in [1.165, 1.54) is 0 Å². The Kier molecular flexibility index (Phi) is 2.83. The fourth-order valence-electron chi connectivity index (χ4n) is 1.76. The Morgan fingerprint density at radius 1 is 1.21 bits per heavy atom. The molecule has 1 aliphatic heterocycles. The van der Waals surface area contributed by atoms with Crippen molar-refractivity contribution >= 4 is 5.82 Å². The van der Waals surface area contributed by atoms with Gasteiger partial charge in [-0.05, 0) is 12.1 Å². The Morgan fingerprint density at radius 3 is 2.89 bits per heavy atom. The van der Waals surface area contributed by atoms with Crippen molar-refractivity contribution in [1.82, 2.24) is 9.97 Å². The maximum Gasteiger partial charge on any atom is 0.231 e. The van der Waals surface area contributed by atoms with Crippen LogP contribution in [0.2, 0.25) is 0 Å². The molecule has 1 aliphatic rings. The van der Waals surface area contributed by atoms with E-state index >= 15 is 0 Å². The summed E-state index contributed by atoms with van der Waals surface area (Å²) in [5, 5.41) is 0. The summed E-state index contributed by atoms with van der Waals surface area (Å²) >= 11 is 0. The molecule has 0 radical (unpaired) electrons. The molecule has 0 aliphatic carbocycles. The lowest BCUT2D eigenvalue weighted by atomic mass is 10.3. The average molecular weight is 259 g/mol. The highest BCUT2D eigenvalue weighted by atomic mass is 16.7. The number of nitrogen functional groups attached to an aromatic ring is 1. The topological polar surface area (TPSA) is 79.5 Å². The summed E-state index contributed by atoms with van der Waals surface area (Å²) in [5.41, 5.74) is 5.70. The fourth-order valence-corrected chi connectivity index (χ4v) is 1.76. The van der Waals surface area contributed by atoms with Gasteiger partial charge in [0.2, 0.25) is 12.7 Å². The van der Waals surface area contributed by atoms with Crippen molar-refractivity contribution in [1.29, 1.82) is 0 Å². The number of hydrogen-bond acceptors (Lipinski definition) is 6. The van der Waals surface area contributed by atoms with Gasteiger partial charge in [0.1, 0.15) is 17.4 Å². The van der Waals surface area contributed by atoms with Crippen LogP contribution in [0.25, 0.3) is 0 Å². The number of fused-ring (bicyclic) bond motifs is 1. The Bertz CT molecular complexity index is 616. The van der Waals surface area contributed by atoms with E-state index in [0.29, 0.717) is 41.2 Å². The number of benzene rings is 1. The largest absolute Gasteiger partial charge is 0.454 e. The van der Waals surface area contributed by atoms with E-state index in [0.717, 1.165) is 0 Å². The first-order valence-corrected chi connectivity index (χ1v) is 5.95. The molecule has 0 atom stereocenters. The van der Waals surface area contributed by atoms with Crippen LogP contribution < -0.4 is 19.9 Å². The Labute approximate surface area is 110 Å². The first-order valence-electron chi connectivity index (χ1n) is 5.95. The van der Waals surface area contributed by atoms with E-state index in [9.17, 15) is 0 Å². The SMILES string of the molecule is CCc1nc(N)cc(Oc2ccc3c(c2)OCO3)n1. The van der Waals surface area contributed by atoms with Gasteiger partial charge in [0, 0.05) is 18.6 Å². The molecule has 1 aromatic heterocycles. The standard InChI is InChI=1S/C13H13N3O3/c1-2-12-15-11(14)6-13(16-12)19-8-3-4-9-10(5-8)18-7-17-9/h3-6H,2,7H2,1H3,(H2,14,15,16). The number of nitrogens with two attached hydrogens (primary N) is 1. The zero-order chi connectivity index (χ0) is 13.2. The van der Waals surface area contributed by atoms with E-state index in [1.807, 2.05) is 6.92 Å². The molecule has 3 rings (SSSR count). The third kappa shape index (κ3) is 2.37. The van der Waals surface area contributed by atoms with Crippen LogP contribution in [0.15, 0.2) is 24.3 Å². The molecule has 0 bridgehead atoms. The van der Waals surface area contributed by atoms with Crippen molar-refractivity contribution in [3.63, 3.8) is 0 Å². The van der Waals surface area contributed by atoms with Gasteiger partial charge in [0.05, 0.1) is 0 Å². The number of aromatic nitrogens is 2. The van der Waals surface area contributed by atoms with Crippen LogP contribution in [0.4, 0.5) is 5.82 Å². The van der Waals surface area contributed by atoms with Gasteiger partial charge in [-0.15, -0.1) is 0 Å². The number of ether oxygens (including phenoxy) is 3. The molecule has 2 N–H and O–H groups in total. The van der Waals surface area contributed by atoms with Crippen LogP contribution >= 0.6 is 0 Å². The van der Waals surface area contributed by atoms with Gasteiger partial charge in [0.25, 0.3) is 0 Å². The van der Waals surface area contributed by atoms with Crippen molar-refractivity contribution in [2.75, 3.05) is 12.5 Å². The van der Waals surface area contributed by atoms with E-state index in [4.69, 9.17) is 19.9 Å². The molecular weight excluding hydrogens is 246 g/mol. The summed E-state index contributed by atoms with van der Waals surface area (Å²) in [6.45, 7) is 2.19. The monoisotopic (exact) mass is 259 g/mol. The molecule has 2 heterocycles. The third-order valence-corrected chi connectivity index (χ3v) is 2.65. The highest BCUT2D eigenvalue weighted by Gasteiger charge is 2.14. The van der Waals surface area contributed by atoms with Gasteiger partial charge in [-0.3, -0.25) is 0 Å². The molecule has 0 fully saturated rings. The zero-order valence-electron chi connectivity index (χ0n) is 10.4. The molecule has 0 saturated carbocycles. The van der Waals surface area contributed by atoms with Crippen LogP contribution in [0.3, 0.4) is 0 Å². The fraction of sp³-hybridized carbons (Fsp3) is 0.231. The lowest BCUT2D eigenvalue weighted by molar-refractivity contribution is 0.174. The molecule has 0 saturated heterocycles. The predicted octanol–water partition coefficient (Wildman–Crippen LogP) is 2.14. The number of aryl methyl sites for hydroxylation is 1. The summed E-state index contributed by atoms with van der Waals surface area (Å²) in [5.74, 6) is 3.45.